The lowest BCUT2D eigenvalue weighted by atomic mass is 10.1. The molecule has 5 aromatic rings. The van der Waals surface area contributed by atoms with Crippen LogP contribution in [0.4, 0.5) is 17.2 Å². The first-order valence-electron chi connectivity index (χ1n) is 16.4. The number of piperazine rings is 1. The molecule has 15 heteroatoms. The van der Waals surface area contributed by atoms with E-state index in [0.29, 0.717) is 42.3 Å². The highest BCUT2D eigenvalue weighted by Crippen LogP contribution is 2.19. The molecule has 0 radical (unpaired) electrons. The summed E-state index contributed by atoms with van der Waals surface area (Å²) in [4.78, 5) is 64.6. The van der Waals surface area contributed by atoms with E-state index in [2.05, 4.69) is 47.1 Å². The molecular weight excluding hydrogens is 650 g/mol. The molecule has 3 aromatic heterocycles. The third-order valence-corrected chi connectivity index (χ3v) is 8.56. The maximum absolute atomic E-state index is 13.1. The first-order valence-corrected chi connectivity index (χ1v) is 16.4. The van der Waals surface area contributed by atoms with Crippen molar-refractivity contribution in [2.24, 2.45) is 14.1 Å². The topological polar surface area (TPSA) is 182 Å². The fraction of sp³-hybridized carbons (Fsp3) is 0.250. The van der Waals surface area contributed by atoms with E-state index in [4.69, 9.17) is 5.26 Å². The van der Waals surface area contributed by atoms with E-state index >= 15 is 0 Å². The smallest absolute Gasteiger partial charge is 0.287 e. The Morgan fingerprint density at radius 1 is 0.765 bits per heavy atom. The van der Waals surface area contributed by atoms with Crippen LogP contribution in [0.3, 0.4) is 0 Å². The number of nitrogens with zero attached hydrogens (tertiary/aromatic N) is 7. The fourth-order valence-corrected chi connectivity index (χ4v) is 5.77. The number of imidazole rings is 1. The molecule has 15 nitrogen and oxygen atoms in total. The summed E-state index contributed by atoms with van der Waals surface area (Å²) < 4.78 is 3.15. The Labute approximate surface area is 293 Å². The molecule has 0 aliphatic carbocycles. The molecule has 51 heavy (non-hydrogen) atoms. The second-order valence-corrected chi connectivity index (χ2v) is 12.2. The standard InChI is InChI=1S/C36H37N11O4/c1-44-22-28(41-34(49)29-19-25-5-3-4-6-26(25)21-39-29)20-30(44)35(50)40-27-9-7-24(8-10-27)33(48)43-31-23-45(2)32(42-31)36(51)38-12-14-47-17-15-46(13-11-37)16-18-47/h3-10,19-23H,12-18H2,1-2H3,(H,38,51)(H,40,50)(H,41,49)(H,43,48). The number of carbonyl (C=O) groups is 4. The second-order valence-electron chi connectivity index (χ2n) is 12.2. The number of hydrogen-bond acceptors (Lipinski definition) is 9. The molecular formula is C36H37N11O4. The zero-order valence-corrected chi connectivity index (χ0v) is 28.2. The molecule has 1 aliphatic heterocycles. The second kappa shape index (κ2) is 15.5. The van der Waals surface area contributed by atoms with Crippen molar-refractivity contribution in [3.8, 4) is 6.07 Å². The van der Waals surface area contributed by atoms with Crippen molar-refractivity contribution in [1.29, 1.82) is 5.26 Å². The van der Waals surface area contributed by atoms with Gasteiger partial charge in [-0.15, -0.1) is 0 Å². The molecule has 1 saturated heterocycles. The highest BCUT2D eigenvalue weighted by molar-refractivity contribution is 6.08. The number of fused-ring (bicyclic) bond motifs is 1. The van der Waals surface area contributed by atoms with Crippen molar-refractivity contribution in [3.05, 3.63) is 102 Å². The van der Waals surface area contributed by atoms with Gasteiger partial charge in [0.25, 0.3) is 23.6 Å². The number of anilines is 3. The number of benzene rings is 2. The van der Waals surface area contributed by atoms with Gasteiger partial charge >= 0.3 is 0 Å². The van der Waals surface area contributed by atoms with Crippen LogP contribution in [0.2, 0.25) is 0 Å². The Morgan fingerprint density at radius 2 is 1.47 bits per heavy atom. The molecule has 0 bridgehead atoms. The van der Waals surface area contributed by atoms with Gasteiger partial charge in [0.2, 0.25) is 5.82 Å². The third-order valence-electron chi connectivity index (χ3n) is 8.56. The SMILES string of the molecule is Cn1cc(NC(=O)c2cc3ccccc3cn2)cc1C(=O)Nc1ccc(C(=O)Nc2cn(C)c(C(=O)NCCN3CCN(CC#N)CC3)n2)cc1. The van der Waals surface area contributed by atoms with E-state index in [0.717, 1.165) is 37.0 Å². The average molecular weight is 688 g/mol. The number of aryl methyl sites for hydroxylation is 2. The van der Waals surface area contributed by atoms with Crippen molar-refractivity contribution < 1.29 is 19.2 Å². The summed E-state index contributed by atoms with van der Waals surface area (Å²) in [5, 5.41) is 21.9. The minimum absolute atomic E-state index is 0.163. The van der Waals surface area contributed by atoms with E-state index in [9.17, 15) is 19.2 Å². The molecule has 260 valence electrons. The summed E-state index contributed by atoms with van der Waals surface area (Å²) >= 11 is 0. The van der Waals surface area contributed by atoms with Crippen molar-refractivity contribution >= 4 is 51.6 Å². The van der Waals surface area contributed by atoms with Crippen LogP contribution in [0.5, 0.6) is 0 Å². The van der Waals surface area contributed by atoms with Gasteiger partial charge < -0.3 is 30.4 Å². The molecule has 4 heterocycles. The van der Waals surface area contributed by atoms with Gasteiger partial charge in [-0.3, -0.25) is 34.0 Å². The third kappa shape index (κ3) is 8.44. The average Bonchev–Trinajstić information content (AvgIpc) is 3.69. The summed E-state index contributed by atoms with van der Waals surface area (Å²) in [6.07, 6.45) is 4.84. The Bertz CT molecular complexity index is 2120. The van der Waals surface area contributed by atoms with Crippen molar-refractivity contribution in [3.63, 3.8) is 0 Å². The lowest BCUT2D eigenvalue weighted by Crippen LogP contribution is -2.48. The van der Waals surface area contributed by atoms with Crippen LogP contribution >= 0.6 is 0 Å². The molecule has 4 N–H and O–H groups in total. The highest BCUT2D eigenvalue weighted by Gasteiger charge is 2.19. The summed E-state index contributed by atoms with van der Waals surface area (Å²) in [5.41, 5.74) is 1.79. The summed E-state index contributed by atoms with van der Waals surface area (Å²) in [7, 11) is 3.37. The van der Waals surface area contributed by atoms with Gasteiger partial charge in [-0.1, -0.05) is 24.3 Å². The molecule has 1 aliphatic rings. The predicted octanol–water partition coefficient (Wildman–Crippen LogP) is 2.93. The zero-order valence-electron chi connectivity index (χ0n) is 28.2. The lowest BCUT2D eigenvalue weighted by Gasteiger charge is -2.33. The van der Waals surface area contributed by atoms with Gasteiger partial charge in [0.15, 0.2) is 5.82 Å². The number of carbonyl (C=O) groups excluding carboxylic acids is 4. The largest absolute Gasteiger partial charge is 0.348 e. The Hall–Kier alpha value is -6.37. The Kier molecular flexibility index (Phi) is 10.5. The quantitative estimate of drug-likeness (QED) is 0.152. The maximum atomic E-state index is 13.1. The van der Waals surface area contributed by atoms with E-state index in [1.807, 2.05) is 24.3 Å². The molecule has 0 spiro atoms. The first-order chi connectivity index (χ1) is 24.7. The van der Waals surface area contributed by atoms with Crippen LogP contribution in [-0.4, -0.2) is 98.3 Å². The number of amides is 4. The monoisotopic (exact) mass is 687 g/mol. The van der Waals surface area contributed by atoms with Crippen molar-refractivity contribution in [2.45, 2.75) is 0 Å². The molecule has 1 fully saturated rings. The minimum Gasteiger partial charge on any atom is -0.348 e. The normalized spacial score (nSPS) is 13.4. The maximum Gasteiger partial charge on any atom is 0.287 e. The molecule has 0 saturated carbocycles. The van der Waals surface area contributed by atoms with Crippen LogP contribution in [-0.2, 0) is 14.1 Å². The van der Waals surface area contributed by atoms with E-state index < -0.39 is 17.7 Å². The minimum atomic E-state index is -0.433. The fourth-order valence-electron chi connectivity index (χ4n) is 5.77. The van der Waals surface area contributed by atoms with E-state index in [1.54, 1.807) is 78.2 Å². The summed E-state index contributed by atoms with van der Waals surface area (Å²) in [6, 6.07) is 19.4. The molecule has 6 rings (SSSR count). The van der Waals surface area contributed by atoms with Gasteiger partial charge in [-0.05, 0) is 41.8 Å². The van der Waals surface area contributed by atoms with Crippen LogP contribution < -0.4 is 21.3 Å². The van der Waals surface area contributed by atoms with E-state index in [1.165, 1.54) is 0 Å². The van der Waals surface area contributed by atoms with Crippen LogP contribution in [0.1, 0.15) is 42.0 Å². The predicted molar refractivity (Wildman–Crippen MR) is 191 cm³/mol. The Morgan fingerprint density at radius 3 is 2.22 bits per heavy atom. The number of rotatable bonds is 11. The number of nitriles is 1. The lowest BCUT2D eigenvalue weighted by molar-refractivity contribution is 0.0924. The number of hydrogen-bond donors (Lipinski definition) is 4. The summed E-state index contributed by atoms with van der Waals surface area (Å²) in [5.74, 6) is -1.20. The number of nitrogens with one attached hydrogen (secondary N) is 4. The molecule has 4 amide bonds. The number of aromatic nitrogens is 4. The van der Waals surface area contributed by atoms with Crippen molar-refractivity contribution in [1.82, 2.24) is 34.2 Å². The van der Waals surface area contributed by atoms with E-state index in [-0.39, 0.29) is 23.2 Å². The van der Waals surface area contributed by atoms with Crippen LogP contribution in [0.25, 0.3) is 10.8 Å². The molecule has 0 atom stereocenters. The van der Waals surface area contributed by atoms with Crippen LogP contribution in [0.15, 0.2) is 79.3 Å². The van der Waals surface area contributed by atoms with Gasteiger partial charge in [-0.25, -0.2) is 4.98 Å². The highest BCUT2D eigenvalue weighted by atomic mass is 16.2. The van der Waals surface area contributed by atoms with Crippen molar-refractivity contribution in [2.75, 3.05) is 61.8 Å². The molecule has 2 aromatic carbocycles. The first kappa shape index (κ1) is 34.5. The number of pyridine rings is 1. The van der Waals surface area contributed by atoms with Gasteiger partial charge in [0, 0.05) is 88.6 Å². The van der Waals surface area contributed by atoms with Gasteiger partial charge in [0.1, 0.15) is 11.4 Å². The van der Waals surface area contributed by atoms with Gasteiger partial charge in [0.05, 0.1) is 18.3 Å². The van der Waals surface area contributed by atoms with Gasteiger partial charge in [-0.2, -0.15) is 5.26 Å². The molecule has 0 unspecified atom stereocenters. The van der Waals surface area contributed by atoms with Crippen LogP contribution in [0, 0.1) is 11.3 Å². The zero-order chi connectivity index (χ0) is 35.9. The summed E-state index contributed by atoms with van der Waals surface area (Å²) in [6.45, 7) is 4.88. The Balaban J connectivity index is 0.985.